The van der Waals surface area contributed by atoms with Crippen molar-refractivity contribution in [2.24, 2.45) is 46.3 Å². The highest BCUT2D eigenvalue weighted by atomic mass is 28.4. The molecule has 294 valence electrons. The minimum Gasteiger partial charge on any atom is -0.465 e. The summed E-state index contributed by atoms with van der Waals surface area (Å²) in [7, 11) is -2.89. The fraction of sp³-hybridized carbons (Fsp3) is 0.617. The van der Waals surface area contributed by atoms with Gasteiger partial charge in [-0.3, -0.25) is 9.59 Å². The second kappa shape index (κ2) is 18.1. The number of allylic oxidation sites excluding steroid dienone is 3. The number of carbonyl (C=O) groups excluding carboxylic acids is 2. The highest BCUT2D eigenvalue weighted by molar-refractivity contribution is 6.99. The van der Waals surface area contributed by atoms with Crippen LogP contribution in [0.15, 0.2) is 85.0 Å². The maximum atomic E-state index is 13.4. The molecule has 7 atom stereocenters. The molecule has 6 heteroatoms. The average Bonchev–Trinajstić information content (AvgIpc) is 3.08. The molecule has 0 bridgehead atoms. The first-order valence-corrected chi connectivity index (χ1v) is 21.9. The smallest absolute Gasteiger partial charge is 0.311 e. The molecule has 0 saturated heterocycles. The van der Waals surface area contributed by atoms with Crippen LogP contribution in [0.25, 0.3) is 0 Å². The topological polar surface area (TPSA) is 61.8 Å². The molecule has 3 rings (SSSR count). The van der Waals surface area contributed by atoms with Crippen molar-refractivity contribution in [2.75, 3.05) is 6.61 Å². The van der Waals surface area contributed by atoms with Crippen LogP contribution >= 0.6 is 0 Å². The zero-order chi connectivity index (χ0) is 39.9. The zero-order valence-electron chi connectivity index (χ0n) is 35.6. The predicted molar refractivity (Wildman–Crippen MR) is 224 cm³/mol. The molecular formula is C47H72O5Si. The molecule has 1 saturated carbocycles. The summed E-state index contributed by atoms with van der Waals surface area (Å²) in [5.74, 6) is 0.433. The van der Waals surface area contributed by atoms with Gasteiger partial charge in [-0.15, -0.1) is 6.58 Å². The number of esters is 2. The summed E-state index contributed by atoms with van der Waals surface area (Å²) >= 11 is 0. The molecule has 5 nitrogen and oxygen atoms in total. The van der Waals surface area contributed by atoms with E-state index in [1.807, 2.05) is 48.5 Å². The number of carbonyl (C=O) groups is 2. The summed E-state index contributed by atoms with van der Waals surface area (Å²) in [5.41, 5.74) is 0.135. The summed E-state index contributed by atoms with van der Waals surface area (Å²) in [4.78, 5) is 26.5. The van der Waals surface area contributed by atoms with Crippen molar-refractivity contribution in [3.8, 4) is 0 Å². The number of hydrogen-bond acceptors (Lipinski definition) is 5. The summed E-state index contributed by atoms with van der Waals surface area (Å²) in [6.45, 7) is 34.0. The van der Waals surface area contributed by atoms with Crippen LogP contribution in [-0.4, -0.2) is 39.1 Å². The lowest BCUT2D eigenvalue weighted by atomic mass is 9.60. The number of ether oxygens (including phenoxy) is 2. The van der Waals surface area contributed by atoms with Crippen molar-refractivity contribution in [3.63, 3.8) is 0 Å². The highest BCUT2D eigenvalue weighted by Gasteiger charge is 2.54. The van der Waals surface area contributed by atoms with Gasteiger partial charge in [-0.05, 0) is 120 Å². The van der Waals surface area contributed by atoms with Gasteiger partial charge in [0.15, 0.2) is 0 Å². The second-order valence-corrected chi connectivity index (χ2v) is 23.3. The molecule has 1 fully saturated rings. The molecule has 0 heterocycles. The van der Waals surface area contributed by atoms with Gasteiger partial charge in [0.2, 0.25) is 0 Å². The second-order valence-electron chi connectivity index (χ2n) is 19.1. The van der Waals surface area contributed by atoms with Gasteiger partial charge in [-0.1, -0.05) is 120 Å². The minimum atomic E-state index is -2.89. The quantitative estimate of drug-likeness (QED) is 0.109. The van der Waals surface area contributed by atoms with Crippen LogP contribution in [0.1, 0.15) is 116 Å². The Morgan fingerprint density at radius 1 is 0.792 bits per heavy atom. The van der Waals surface area contributed by atoms with Crippen LogP contribution in [0.2, 0.25) is 5.04 Å². The van der Waals surface area contributed by atoms with Gasteiger partial charge in [0.05, 0.1) is 23.5 Å². The molecule has 1 aliphatic rings. The van der Waals surface area contributed by atoms with Gasteiger partial charge in [-0.25, -0.2) is 0 Å². The van der Waals surface area contributed by atoms with Crippen LogP contribution < -0.4 is 10.4 Å². The third-order valence-corrected chi connectivity index (χ3v) is 16.5. The molecule has 0 aromatic heterocycles. The lowest BCUT2D eigenvalue weighted by Crippen LogP contribution is -2.68. The Kier molecular flexibility index (Phi) is 15.2. The Morgan fingerprint density at radius 3 is 1.70 bits per heavy atom. The molecule has 0 radical (unpaired) electrons. The van der Waals surface area contributed by atoms with E-state index in [1.165, 1.54) is 15.9 Å². The Hall–Kier alpha value is -2.96. The zero-order valence-corrected chi connectivity index (χ0v) is 36.6. The standard InChI is InChI=1S/C47H72O5Si/c1-16-33(5)39-29-35(52-53(47(13,14)15,36-24-20-18-21-25-36)37-26-22-19-23-27-37)30-41(42(39)31-50-43(48)45(7,8)9)40(38(17-2)32(3)4)28-34(6)51-44(49)46(10,11)12/h16-27,32-35,39-42H,1,28-31H2,2-15H3/b38-17-/t33-,34?,35-,39+,40+,41-,42-/m1/s1. The summed E-state index contributed by atoms with van der Waals surface area (Å²) in [5, 5.41) is 2.35. The molecule has 2 aromatic rings. The maximum Gasteiger partial charge on any atom is 0.311 e. The van der Waals surface area contributed by atoms with Crippen molar-refractivity contribution in [2.45, 2.75) is 133 Å². The van der Waals surface area contributed by atoms with Crippen LogP contribution in [0.3, 0.4) is 0 Å². The monoisotopic (exact) mass is 745 g/mol. The molecule has 1 unspecified atom stereocenters. The largest absolute Gasteiger partial charge is 0.465 e. The van der Waals surface area contributed by atoms with Gasteiger partial charge >= 0.3 is 11.9 Å². The van der Waals surface area contributed by atoms with E-state index >= 15 is 0 Å². The molecule has 53 heavy (non-hydrogen) atoms. The van der Waals surface area contributed by atoms with Crippen molar-refractivity contribution in [1.29, 1.82) is 0 Å². The van der Waals surface area contributed by atoms with Gasteiger partial charge in [0.25, 0.3) is 8.32 Å². The molecule has 0 N–H and O–H groups in total. The number of hydrogen-bond donors (Lipinski definition) is 0. The highest BCUT2D eigenvalue weighted by Crippen LogP contribution is 2.50. The lowest BCUT2D eigenvalue weighted by Gasteiger charge is -2.51. The van der Waals surface area contributed by atoms with Crippen molar-refractivity contribution < 1.29 is 23.5 Å². The third kappa shape index (κ3) is 10.8. The van der Waals surface area contributed by atoms with Gasteiger partial charge in [0, 0.05) is 12.0 Å². The van der Waals surface area contributed by atoms with E-state index in [4.69, 9.17) is 13.9 Å². The number of benzene rings is 2. The van der Waals surface area contributed by atoms with E-state index in [9.17, 15) is 9.59 Å². The van der Waals surface area contributed by atoms with E-state index in [1.54, 1.807) is 0 Å². The summed E-state index contributed by atoms with van der Waals surface area (Å²) in [6, 6.07) is 21.7. The van der Waals surface area contributed by atoms with E-state index in [2.05, 4.69) is 128 Å². The normalized spacial score (nSPS) is 22.1. The number of rotatable bonds is 14. The fourth-order valence-corrected chi connectivity index (χ4v) is 13.3. The van der Waals surface area contributed by atoms with Crippen LogP contribution in [0, 0.1) is 46.3 Å². The van der Waals surface area contributed by atoms with E-state index < -0.39 is 19.1 Å². The molecule has 1 aliphatic carbocycles. The Balaban J connectivity index is 2.28. The Bertz CT molecular complexity index is 1470. The van der Waals surface area contributed by atoms with E-state index in [0.717, 1.165) is 12.8 Å². The third-order valence-electron chi connectivity index (χ3n) is 11.4. The lowest BCUT2D eigenvalue weighted by molar-refractivity contribution is -0.161. The summed E-state index contributed by atoms with van der Waals surface area (Å²) in [6.07, 6.45) is 6.28. The van der Waals surface area contributed by atoms with Crippen LogP contribution in [-0.2, 0) is 23.5 Å². The fourth-order valence-electron chi connectivity index (χ4n) is 8.58. The molecular weight excluding hydrogens is 673 g/mol. The first-order chi connectivity index (χ1) is 24.6. The minimum absolute atomic E-state index is 0.0533. The van der Waals surface area contributed by atoms with Crippen LogP contribution in [0.4, 0.5) is 0 Å². The SMILES string of the molecule is C=C[C@@H](C)[C@@H]1C[C@@H](O[Si](c2ccccc2)(c2ccccc2)C(C)(C)C)C[C@H]([C@@H](CC(C)OC(=O)C(C)(C)C)/C(=C\C)C(C)C)[C@@H]1COC(=O)C(C)(C)C. The van der Waals surface area contributed by atoms with E-state index in [0.29, 0.717) is 13.0 Å². The van der Waals surface area contributed by atoms with Gasteiger partial charge in [0.1, 0.15) is 0 Å². The van der Waals surface area contributed by atoms with Crippen LogP contribution in [0.5, 0.6) is 0 Å². The Labute approximate surface area is 324 Å². The first kappa shape index (κ1) is 44.4. The maximum absolute atomic E-state index is 13.4. The Morgan fingerprint density at radius 2 is 1.28 bits per heavy atom. The summed E-state index contributed by atoms with van der Waals surface area (Å²) < 4.78 is 20.3. The predicted octanol–water partition coefficient (Wildman–Crippen LogP) is 10.6. The average molecular weight is 745 g/mol. The van der Waals surface area contributed by atoms with Gasteiger partial charge in [-0.2, -0.15) is 0 Å². The van der Waals surface area contributed by atoms with Crippen molar-refractivity contribution >= 4 is 30.6 Å². The first-order valence-electron chi connectivity index (χ1n) is 20.0. The molecule has 0 aliphatic heterocycles. The van der Waals surface area contributed by atoms with Gasteiger partial charge < -0.3 is 13.9 Å². The van der Waals surface area contributed by atoms with Crippen molar-refractivity contribution in [3.05, 3.63) is 85.0 Å². The molecule has 2 aromatic carbocycles. The molecule has 0 spiro atoms. The molecule has 0 amide bonds. The van der Waals surface area contributed by atoms with Crippen molar-refractivity contribution in [1.82, 2.24) is 0 Å². The van der Waals surface area contributed by atoms with E-state index in [-0.39, 0.29) is 64.7 Å².